The van der Waals surface area contributed by atoms with Crippen molar-refractivity contribution in [3.63, 3.8) is 0 Å². The summed E-state index contributed by atoms with van der Waals surface area (Å²) in [5, 5.41) is 3.81. The van der Waals surface area contributed by atoms with Gasteiger partial charge in [0.2, 0.25) is 5.91 Å². The van der Waals surface area contributed by atoms with Crippen LogP contribution in [0, 0.1) is 0 Å². The first-order valence-corrected chi connectivity index (χ1v) is 12.2. The normalized spacial score (nSPS) is 15.1. The molecule has 1 aromatic heterocycles. The Balaban J connectivity index is 1.56. The van der Waals surface area contributed by atoms with E-state index in [1.54, 1.807) is 16.3 Å². The molecule has 2 aromatic carbocycles. The molecule has 0 bridgehead atoms. The molecule has 2 heterocycles. The quantitative estimate of drug-likeness (QED) is 0.387. The van der Waals surface area contributed by atoms with Gasteiger partial charge < -0.3 is 5.32 Å². The Bertz CT molecular complexity index is 1120. The first-order valence-electron chi connectivity index (χ1n) is 9.52. The highest BCUT2D eigenvalue weighted by Crippen LogP contribution is 2.34. The van der Waals surface area contributed by atoms with E-state index in [1.807, 2.05) is 54.6 Å². The van der Waals surface area contributed by atoms with Gasteiger partial charge in [-0.2, -0.15) is 0 Å². The van der Waals surface area contributed by atoms with E-state index < -0.39 is 0 Å². The van der Waals surface area contributed by atoms with E-state index in [0.717, 1.165) is 32.7 Å². The molecule has 1 aliphatic rings. The molecular weight excluding hydrogens is 482 g/mol. The van der Waals surface area contributed by atoms with Crippen LogP contribution in [0.5, 0.6) is 0 Å². The number of hydrogen-bond donors (Lipinski definition) is 1. The van der Waals surface area contributed by atoms with Crippen LogP contribution in [0.1, 0.15) is 18.2 Å². The largest absolute Gasteiger partial charge is 0.325 e. The van der Waals surface area contributed by atoms with Crippen LogP contribution in [0.3, 0.4) is 0 Å². The summed E-state index contributed by atoms with van der Waals surface area (Å²) in [6.07, 6.45) is 0.778. The predicted octanol–water partition coefficient (Wildman–Crippen LogP) is 4.82. The summed E-state index contributed by atoms with van der Waals surface area (Å²) in [5.74, 6) is 0.0461. The fourth-order valence-corrected chi connectivity index (χ4v) is 5.40. The zero-order chi connectivity index (χ0) is 21.1. The summed E-state index contributed by atoms with van der Waals surface area (Å²) in [5.41, 5.74) is 2.59. The van der Waals surface area contributed by atoms with Crippen molar-refractivity contribution in [1.82, 2.24) is 9.55 Å². The van der Waals surface area contributed by atoms with Gasteiger partial charge >= 0.3 is 0 Å². The van der Waals surface area contributed by atoms with E-state index in [9.17, 15) is 9.59 Å². The van der Waals surface area contributed by atoms with E-state index in [1.165, 1.54) is 11.8 Å². The number of thioether (sulfide) groups is 2. The second kappa shape index (κ2) is 9.41. The Morgan fingerprint density at radius 1 is 1.23 bits per heavy atom. The second-order valence-corrected chi connectivity index (χ2v) is 10.3. The van der Waals surface area contributed by atoms with Gasteiger partial charge in [-0.25, -0.2) is 4.98 Å². The van der Waals surface area contributed by atoms with E-state index in [2.05, 4.69) is 28.2 Å². The number of nitrogens with zero attached hydrogens (tertiary/aromatic N) is 2. The number of amides is 1. The molecule has 1 N–H and O–H groups in total. The van der Waals surface area contributed by atoms with Crippen LogP contribution < -0.4 is 10.9 Å². The lowest BCUT2D eigenvalue weighted by molar-refractivity contribution is -0.113. The molecule has 30 heavy (non-hydrogen) atoms. The van der Waals surface area contributed by atoms with Gasteiger partial charge in [0.05, 0.1) is 22.9 Å². The lowest BCUT2D eigenvalue weighted by Gasteiger charge is -2.14. The number of benzene rings is 2. The molecule has 0 saturated carbocycles. The fourth-order valence-electron chi connectivity index (χ4n) is 3.21. The van der Waals surface area contributed by atoms with Crippen LogP contribution >= 0.6 is 39.5 Å². The molecule has 154 valence electrons. The van der Waals surface area contributed by atoms with Crippen LogP contribution in [0.2, 0.25) is 0 Å². The monoisotopic (exact) mass is 501 g/mol. The minimum Gasteiger partial charge on any atom is -0.325 e. The maximum Gasteiger partial charge on any atom is 0.268 e. The van der Waals surface area contributed by atoms with Gasteiger partial charge in [0.1, 0.15) is 0 Å². The average molecular weight is 502 g/mol. The van der Waals surface area contributed by atoms with Crippen molar-refractivity contribution in [2.75, 3.05) is 11.1 Å². The predicted molar refractivity (Wildman–Crippen MR) is 127 cm³/mol. The topological polar surface area (TPSA) is 64.0 Å². The van der Waals surface area contributed by atoms with Crippen molar-refractivity contribution in [2.45, 2.75) is 35.2 Å². The van der Waals surface area contributed by atoms with Gasteiger partial charge in [0.15, 0.2) is 5.16 Å². The SMILES string of the molecule is C[C@H]1Cc2nc(SCC(=O)Nc3ccc(Br)cc3)n(Cc3ccccc3)c(=O)c2S1. The molecule has 1 amide bonds. The van der Waals surface area contributed by atoms with Crippen molar-refractivity contribution in [3.8, 4) is 0 Å². The Hall–Kier alpha value is -2.03. The summed E-state index contributed by atoms with van der Waals surface area (Å²) in [7, 11) is 0. The highest BCUT2D eigenvalue weighted by Gasteiger charge is 2.26. The molecule has 0 unspecified atom stereocenters. The summed E-state index contributed by atoms with van der Waals surface area (Å²) in [4.78, 5) is 31.1. The van der Waals surface area contributed by atoms with E-state index in [4.69, 9.17) is 4.98 Å². The zero-order valence-corrected chi connectivity index (χ0v) is 19.5. The van der Waals surface area contributed by atoms with Crippen LogP contribution in [0.4, 0.5) is 5.69 Å². The molecular formula is C22H20BrN3O2S2. The zero-order valence-electron chi connectivity index (χ0n) is 16.3. The maximum absolute atomic E-state index is 13.2. The Morgan fingerprint density at radius 2 is 1.97 bits per heavy atom. The van der Waals surface area contributed by atoms with Gasteiger partial charge in [0, 0.05) is 21.8 Å². The van der Waals surface area contributed by atoms with Gasteiger partial charge in [0.25, 0.3) is 5.56 Å². The Labute approximate surface area is 191 Å². The molecule has 0 radical (unpaired) electrons. The van der Waals surface area contributed by atoms with Gasteiger partial charge in [-0.15, -0.1) is 11.8 Å². The first kappa shape index (κ1) is 21.2. The van der Waals surface area contributed by atoms with Crippen LogP contribution in [-0.2, 0) is 17.8 Å². The van der Waals surface area contributed by atoms with Crippen molar-refractivity contribution in [2.24, 2.45) is 0 Å². The third kappa shape index (κ3) is 4.99. The number of hydrogen-bond acceptors (Lipinski definition) is 5. The molecule has 1 aliphatic heterocycles. The van der Waals surface area contributed by atoms with Crippen molar-refractivity contribution < 1.29 is 4.79 Å². The number of anilines is 1. The maximum atomic E-state index is 13.2. The number of carbonyl (C=O) groups is 1. The van der Waals surface area contributed by atoms with Gasteiger partial charge in [-0.1, -0.05) is 64.9 Å². The molecule has 4 rings (SSSR count). The van der Waals surface area contributed by atoms with Crippen molar-refractivity contribution in [1.29, 1.82) is 0 Å². The molecule has 8 heteroatoms. The van der Waals surface area contributed by atoms with Gasteiger partial charge in [-0.3, -0.25) is 14.2 Å². The highest BCUT2D eigenvalue weighted by atomic mass is 79.9. The third-order valence-electron chi connectivity index (χ3n) is 4.61. The van der Waals surface area contributed by atoms with Crippen molar-refractivity contribution >= 4 is 51.0 Å². The standard InChI is InChI=1S/C22H20BrN3O2S2/c1-14-11-18-20(30-14)21(28)26(12-15-5-3-2-4-6-15)22(25-18)29-13-19(27)24-17-9-7-16(23)8-10-17/h2-10,14H,11-13H2,1H3,(H,24,27)/t14-/m0/s1. The number of carbonyl (C=O) groups excluding carboxylic acids is 1. The summed E-state index contributed by atoms with van der Waals surface area (Å²) < 4.78 is 2.64. The van der Waals surface area contributed by atoms with Gasteiger partial charge in [-0.05, 0) is 29.8 Å². The molecule has 3 aromatic rings. The average Bonchev–Trinajstić information content (AvgIpc) is 3.12. The molecule has 0 spiro atoms. The molecule has 1 atom stereocenters. The van der Waals surface area contributed by atoms with Crippen LogP contribution in [-0.4, -0.2) is 26.5 Å². The fraction of sp³-hybridized carbons (Fsp3) is 0.227. The molecule has 5 nitrogen and oxygen atoms in total. The summed E-state index contributed by atoms with van der Waals surface area (Å²) in [6, 6.07) is 17.3. The number of rotatable bonds is 6. The smallest absolute Gasteiger partial charge is 0.268 e. The molecule has 0 aliphatic carbocycles. The summed E-state index contributed by atoms with van der Waals surface area (Å²) in [6.45, 7) is 2.54. The van der Waals surface area contributed by atoms with E-state index >= 15 is 0 Å². The van der Waals surface area contributed by atoms with Crippen LogP contribution in [0.15, 0.2) is 73.9 Å². The van der Waals surface area contributed by atoms with E-state index in [0.29, 0.717) is 17.0 Å². The lowest BCUT2D eigenvalue weighted by atomic mass is 10.2. The Morgan fingerprint density at radius 3 is 2.70 bits per heavy atom. The van der Waals surface area contributed by atoms with Crippen molar-refractivity contribution in [3.05, 3.63) is 80.7 Å². The third-order valence-corrected chi connectivity index (χ3v) is 7.33. The van der Waals surface area contributed by atoms with E-state index in [-0.39, 0.29) is 17.2 Å². The van der Waals surface area contributed by atoms with Crippen LogP contribution in [0.25, 0.3) is 0 Å². The minimum atomic E-state index is -0.133. The minimum absolute atomic E-state index is 0.0194. The number of aromatic nitrogens is 2. The number of fused-ring (bicyclic) bond motifs is 1. The Kier molecular flexibility index (Phi) is 6.65. The summed E-state index contributed by atoms with van der Waals surface area (Å²) >= 11 is 6.27. The number of halogens is 1. The molecule has 0 fully saturated rings. The number of nitrogens with one attached hydrogen (secondary N) is 1. The first-order chi connectivity index (χ1) is 14.5. The molecule has 0 saturated heterocycles. The lowest BCUT2D eigenvalue weighted by Crippen LogP contribution is -2.26. The highest BCUT2D eigenvalue weighted by molar-refractivity contribution is 9.10. The second-order valence-electron chi connectivity index (χ2n) is 7.02.